The van der Waals surface area contributed by atoms with Crippen LogP contribution in [0.1, 0.15) is 29.5 Å². The molecular weight excluding hydrogens is 284 g/mol. The first-order valence-electron chi connectivity index (χ1n) is 8.46. The molecular formula is C20H22N2O. The molecule has 4 rings (SSSR count). The van der Waals surface area contributed by atoms with Crippen LogP contribution in [-0.4, -0.2) is 23.2 Å². The van der Waals surface area contributed by atoms with Gasteiger partial charge in [0.05, 0.1) is 11.9 Å². The first-order valence-corrected chi connectivity index (χ1v) is 8.46. The minimum atomic E-state index is 0.292. The first kappa shape index (κ1) is 14.3. The van der Waals surface area contributed by atoms with Crippen molar-refractivity contribution in [3.8, 4) is 5.75 Å². The van der Waals surface area contributed by atoms with Gasteiger partial charge in [-0.2, -0.15) is 0 Å². The number of benzene rings is 1. The number of aromatic hydroxyl groups is 1. The fraction of sp³-hybridized carbons (Fsp3) is 0.350. The Labute approximate surface area is 137 Å². The summed E-state index contributed by atoms with van der Waals surface area (Å²) in [5.74, 6) is 0.923. The molecule has 0 fully saturated rings. The van der Waals surface area contributed by atoms with Crippen molar-refractivity contribution < 1.29 is 5.11 Å². The molecule has 0 saturated carbocycles. The molecule has 1 unspecified atom stereocenters. The van der Waals surface area contributed by atoms with E-state index in [1.807, 2.05) is 6.20 Å². The minimum Gasteiger partial charge on any atom is -0.504 e. The van der Waals surface area contributed by atoms with Gasteiger partial charge in [0.2, 0.25) is 0 Å². The lowest BCUT2D eigenvalue weighted by molar-refractivity contribution is 0.456. The molecule has 1 aromatic heterocycles. The molecule has 2 aromatic rings. The fourth-order valence-corrected chi connectivity index (χ4v) is 3.95. The summed E-state index contributed by atoms with van der Waals surface area (Å²) in [6.07, 6.45) is 12.4. The summed E-state index contributed by atoms with van der Waals surface area (Å²) in [7, 11) is 0. The van der Waals surface area contributed by atoms with Gasteiger partial charge < -0.3 is 10.0 Å². The van der Waals surface area contributed by atoms with Gasteiger partial charge in [-0.3, -0.25) is 4.98 Å². The standard InChI is InChI=1S/C20H22N2O/c23-19-13-21-12-18-9-4-10-22(20(18)19)14-15-5-3-8-16-6-1-2-7-17(16)11-15/h1-2,4,6-7,9,12-13,15,23H,3,5,8,10-11,14H2. The van der Waals surface area contributed by atoms with E-state index < -0.39 is 0 Å². The Morgan fingerprint density at radius 3 is 2.96 bits per heavy atom. The lowest BCUT2D eigenvalue weighted by Gasteiger charge is -2.31. The maximum atomic E-state index is 10.2. The minimum absolute atomic E-state index is 0.292. The Morgan fingerprint density at radius 2 is 2.04 bits per heavy atom. The fourth-order valence-electron chi connectivity index (χ4n) is 3.95. The van der Waals surface area contributed by atoms with Crippen LogP contribution in [0.5, 0.6) is 5.75 Å². The van der Waals surface area contributed by atoms with Gasteiger partial charge in [-0.05, 0) is 42.7 Å². The SMILES string of the molecule is Oc1cncc2c1N(CC1CCCc3ccccc3C1)CC=C2. The van der Waals surface area contributed by atoms with Crippen LogP contribution in [0.15, 0.2) is 42.7 Å². The number of hydrogen-bond donors (Lipinski definition) is 1. The molecule has 3 nitrogen and oxygen atoms in total. The summed E-state index contributed by atoms with van der Waals surface area (Å²) in [5.41, 5.74) is 4.98. The second kappa shape index (κ2) is 6.07. The summed E-state index contributed by atoms with van der Waals surface area (Å²) in [6.45, 7) is 1.85. The van der Waals surface area contributed by atoms with Crippen molar-refractivity contribution in [3.05, 3.63) is 59.4 Å². The molecule has 1 aliphatic heterocycles. The molecule has 3 heteroatoms. The predicted octanol–water partition coefficient (Wildman–Crippen LogP) is 3.82. The summed E-state index contributed by atoms with van der Waals surface area (Å²) in [5, 5.41) is 10.2. The van der Waals surface area contributed by atoms with Crippen molar-refractivity contribution >= 4 is 11.8 Å². The topological polar surface area (TPSA) is 36.4 Å². The highest BCUT2D eigenvalue weighted by Crippen LogP contribution is 2.35. The number of aryl methyl sites for hydroxylation is 1. The molecule has 1 aromatic carbocycles. The highest BCUT2D eigenvalue weighted by molar-refractivity contribution is 5.75. The van der Waals surface area contributed by atoms with Crippen LogP contribution in [0, 0.1) is 5.92 Å². The Bertz CT molecular complexity index is 738. The van der Waals surface area contributed by atoms with E-state index in [-0.39, 0.29) is 0 Å². The summed E-state index contributed by atoms with van der Waals surface area (Å²) < 4.78 is 0. The molecule has 0 amide bonds. The monoisotopic (exact) mass is 306 g/mol. The predicted molar refractivity (Wildman–Crippen MR) is 93.7 cm³/mol. The zero-order valence-corrected chi connectivity index (χ0v) is 13.3. The van der Waals surface area contributed by atoms with E-state index in [1.54, 1.807) is 6.20 Å². The Balaban J connectivity index is 1.57. The molecule has 0 saturated heterocycles. The largest absolute Gasteiger partial charge is 0.504 e. The Kier molecular flexibility index (Phi) is 3.78. The van der Waals surface area contributed by atoms with Crippen LogP contribution in [-0.2, 0) is 12.8 Å². The van der Waals surface area contributed by atoms with Crippen molar-refractivity contribution in [1.82, 2.24) is 4.98 Å². The summed E-state index contributed by atoms with van der Waals surface area (Å²) in [4.78, 5) is 6.41. The van der Waals surface area contributed by atoms with Crippen LogP contribution in [0.25, 0.3) is 6.08 Å². The van der Waals surface area contributed by atoms with E-state index in [4.69, 9.17) is 0 Å². The number of aromatic nitrogens is 1. The molecule has 0 spiro atoms. The maximum absolute atomic E-state index is 10.2. The quantitative estimate of drug-likeness (QED) is 0.857. The van der Waals surface area contributed by atoms with Gasteiger partial charge in [0, 0.05) is 24.8 Å². The van der Waals surface area contributed by atoms with Crippen LogP contribution in [0.3, 0.4) is 0 Å². The zero-order valence-electron chi connectivity index (χ0n) is 13.3. The second-order valence-electron chi connectivity index (χ2n) is 6.63. The lowest BCUT2D eigenvalue weighted by atomic mass is 9.95. The van der Waals surface area contributed by atoms with Crippen LogP contribution in [0.4, 0.5) is 5.69 Å². The lowest BCUT2D eigenvalue weighted by Crippen LogP contribution is -2.32. The van der Waals surface area contributed by atoms with Gasteiger partial charge in [-0.1, -0.05) is 36.4 Å². The van der Waals surface area contributed by atoms with E-state index in [0.29, 0.717) is 11.7 Å². The van der Waals surface area contributed by atoms with Gasteiger partial charge in [0.25, 0.3) is 0 Å². The second-order valence-corrected chi connectivity index (χ2v) is 6.63. The number of nitrogens with zero attached hydrogens (tertiary/aromatic N) is 2. The van der Waals surface area contributed by atoms with Crippen LogP contribution in [0.2, 0.25) is 0 Å². The zero-order chi connectivity index (χ0) is 15.6. The van der Waals surface area contributed by atoms with Crippen molar-refractivity contribution in [2.45, 2.75) is 25.7 Å². The molecule has 0 bridgehead atoms. The van der Waals surface area contributed by atoms with Crippen molar-refractivity contribution in [3.63, 3.8) is 0 Å². The van der Waals surface area contributed by atoms with E-state index in [0.717, 1.165) is 30.8 Å². The number of anilines is 1. The smallest absolute Gasteiger partial charge is 0.157 e. The van der Waals surface area contributed by atoms with Crippen molar-refractivity contribution in [2.75, 3.05) is 18.0 Å². The molecule has 2 heterocycles. The highest BCUT2D eigenvalue weighted by Gasteiger charge is 2.23. The third-order valence-electron chi connectivity index (χ3n) is 5.03. The van der Waals surface area contributed by atoms with Gasteiger partial charge in [-0.25, -0.2) is 0 Å². The van der Waals surface area contributed by atoms with Gasteiger partial charge in [0.15, 0.2) is 5.75 Å². The van der Waals surface area contributed by atoms with Crippen LogP contribution >= 0.6 is 0 Å². The molecule has 118 valence electrons. The molecule has 23 heavy (non-hydrogen) atoms. The van der Waals surface area contributed by atoms with Gasteiger partial charge in [-0.15, -0.1) is 0 Å². The average molecular weight is 306 g/mol. The molecule has 1 N–H and O–H groups in total. The van der Waals surface area contributed by atoms with Crippen molar-refractivity contribution in [1.29, 1.82) is 0 Å². The van der Waals surface area contributed by atoms with E-state index >= 15 is 0 Å². The van der Waals surface area contributed by atoms with Crippen molar-refractivity contribution in [2.24, 2.45) is 5.92 Å². The normalized spacial score (nSPS) is 19.8. The Hall–Kier alpha value is -2.29. The summed E-state index contributed by atoms with van der Waals surface area (Å²) >= 11 is 0. The average Bonchev–Trinajstić information content (AvgIpc) is 2.77. The maximum Gasteiger partial charge on any atom is 0.157 e. The van der Waals surface area contributed by atoms with E-state index in [9.17, 15) is 5.11 Å². The molecule has 1 atom stereocenters. The number of rotatable bonds is 2. The summed E-state index contributed by atoms with van der Waals surface area (Å²) in [6, 6.07) is 8.85. The highest BCUT2D eigenvalue weighted by atomic mass is 16.3. The van der Waals surface area contributed by atoms with Gasteiger partial charge in [0.1, 0.15) is 0 Å². The first-order chi connectivity index (χ1) is 11.3. The molecule has 2 aliphatic rings. The molecule has 1 aliphatic carbocycles. The third-order valence-corrected chi connectivity index (χ3v) is 5.03. The van der Waals surface area contributed by atoms with Gasteiger partial charge >= 0.3 is 0 Å². The van der Waals surface area contributed by atoms with Crippen LogP contribution < -0.4 is 4.90 Å². The molecule has 0 radical (unpaired) electrons. The van der Waals surface area contributed by atoms with E-state index in [2.05, 4.69) is 46.3 Å². The number of pyridine rings is 1. The number of fused-ring (bicyclic) bond motifs is 2. The van der Waals surface area contributed by atoms with E-state index in [1.165, 1.54) is 30.4 Å². The third kappa shape index (κ3) is 2.83. The Morgan fingerprint density at radius 1 is 1.17 bits per heavy atom. The number of hydrogen-bond acceptors (Lipinski definition) is 3.